The normalized spacial score (nSPS) is 16.1. The molecule has 0 bridgehead atoms. The Balaban J connectivity index is 3.66. The van der Waals surface area contributed by atoms with Crippen molar-refractivity contribution < 1.29 is 10.2 Å². The first-order valence-electron chi connectivity index (χ1n) is 12.2. The average molecular weight is 400 g/mol. The smallest absolute Gasteiger partial charge is 0.0703 e. The summed E-state index contributed by atoms with van der Waals surface area (Å²) >= 11 is 0. The first-order chi connectivity index (χ1) is 13.6. The minimum Gasteiger partial charge on any atom is -0.392 e. The van der Waals surface area contributed by atoms with Gasteiger partial charge >= 0.3 is 0 Å². The van der Waals surface area contributed by atoms with E-state index in [9.17, 15) is 10.2 Å². The van der Waals surface area contributed by atoms with Gasteiger partial charge in [-0.05, 0) is 32.7 Å². The van der Waals surface area contributed by atoms with Crippen molar-refractivity contribution in [1.82, 2.24) is 10.6 Å². The molecule has 0 saturated heterocycles. The highest BCUT2D eigenvalue weighted by Crippen LogP contribution is 2.12. The van der Waals surface area contributed by atoms with Gasteiger partial charge in [0.1, 0.15) is 0 Å². The minimum absolute atomic E-state index is 0.0195. The van der Waals surface area contributed by atoms with Gasteiger partial charge in [-0.2, -0.15) is 0 Å². The fourth-order valence-corrected chi connectivity index (χ4v) is 3.58. The van der Waals surface area contributed by atoms with Crippen LogP contribution in [0, 0.1) is 6.92 Å². The van der Waals surface area contributed by atoms with Crippen LogP contribution in [0.2, 0.25) is 0 Å². The van der Waals surface area contributed by atoms with Crippen LogP contribution in [-0.4, -0.2) is 47.6 Å². The highest BCUT2D eigenvalue weighted by atomic mass is 16.3. The molecule has 0 aromatic carbocycles. The lowest BCUT2D eigenvalue weighted by atomic mass is 10.0. The molecule has 28 heavy (non-hydrogen) atoms. The second-order valence-corrected chi connectivity index (χ2v) is 8.42. The van der Waals surface area contributed by atoms with E-state index in [2.05, 4.69) is 24.5 Å². The number of rotatable bonds is 21. The Labute approximate surface area is 176 Å². The zero-order valence-electron chi connectivity index (χ0n) is 19.2. The van der Waals surface area contributed by atoms with E-state index in [0.29, 0.717) is 13.0 Å². The third kappa shape index (κ3) is 15.7. The minimum atomic E-state index is -0.434. The molecular formula is C24H51N2O2. The van der Waals surface area contributed by atoms with E-state index < -0.39 is 6.10 Å². The number of hydrogen-bond donors (Lipinski definition) is 4. The van der Waals surface area contributed by atoms with Crippen LogP contribution < -0.4 is 10.6 Å². The lowest BCUT2D eigenvalue weighted by Crippen LogP contribution is -2.50. The Bertz CT molecular complexity index is 315. The summed E-state index contributed by atoms with van der Waals surface area (Å²) in [4.78, 5) is 0. The van der Waals surface area contributed by atoms with Gasteiger partial charge in [0.05, 0.1) is 12.2 Å². The molecule has 0 rings (SSSR count). The summed E-state index contributed by atoms with van der Waals surface area (Å²) in [7, 11) is 0. The molecule has 0 aliphatic heterocycles. The molecule has 4 heteroatoms. The highest BCUT2D eigenvalue weighted by molar-refractivity contribution is 4.83. The van der Waals surface area contributed by atoms with Crippen LogP contribution in [0.15, 0.2) is 0 Å². The number of nitrogens with one attached hydrogen (secondary N) is 2. The van der Waals surface area contributed by atoms with E-state index in [0.717, 1.165) is 19.4 Å². The van der Waals surface area contributed by atoms with Crippen molar-refractivity contribution in [1.29, 1.82) is 0 Å². The van der Waals surface area contributed by atoms with E-state index in [1.54, 1.807) is 0 Å². The summed E-state index contributed by atoms with van der Waals surface area (Å²) in [6.07, 6.45) is 16.9. The molecule has 0 aromatic heterocycles. The van der Waals surface area contributed by atoms with E-state index in [4.69, 9.17) is 0 Å². The first-order valence-corrected chi connectivity index (χ1v) is 12.2. The van der Waals surface area contributed by atoms with Crippen molar-refractivity contribution >= 4 is 0 Å². The molecule has 0 saturated carbocycles. The maximum absolute atomic E-state index is 10.2. The third-order valence-corrected chi connectivity index (χ3v) is 5.80. The van der Waals surface area contributed by atoms with Crippen LogP contribution in [0.1, 0.15) is 111 Å². The Kier molecular flexibility index (Phi) is 20.0. The van der Waals surface area contributed by atoms with E-state index in [1.165, 1.54) is 70.6 Å². The van der Waals surface area contributed by atoms with Gasteiger partial charge in [0.15, 0.2) is 0 Å². The summed E-state index contributed by atoms with van der Waals surface area (Å²) in [6, 6.07) is -0.170. The number of hydrogen-bond acceptors (Lipinski definition) is 4. The maximum Gasteiger partial charge on any atom is 0.0703 e. The van der Waals surface area contributed by atoms with Gasteiger partial charge in [-0.25, -0.2) is 0 Å². The van der Waals surface area contributed by atoms with E-state index in [-0.39, 0.29) is 18.2 Å². The van der Waals surface area contributed by atoms with Crippen molar-refractivity contribution in [3.63, 3.8) is 0 Å². The topological polar surface area (TPSA) is 64.5 Å². The molecule has 0 amide bonds. The predicted molar refractivity (Wildman–Crippen MR) is 123 cm³/mol. The summed E-state index contributed by atoms with van der Waals surface area (Å²) in [5, 5.41) is 26.8. The summed E-state index contributed by atoms with van der Waals surface area (Å²) < 4.78 is 0. The highest BCUT2D eigenvalue weighted by Gasteiger charge is 2.19. The summed E-state index contributed by atoms with van der Waals surface area (Å²) in [5.74, 6) is 0. The Morgan fingerprint density at radius 3 is 1.57 bits per heavy atom. The van der Waals surface area contributed by atoms with E-state index >= 15 is 0 Å². The molecule has 4 N–H and O–H groups in total. The van der Waals surface area contributed by atoms with Gasteiger partial charge in [-0.15, -0.1) is 0 Å². The maximum atomic E-state index is 10.2. The van der Waals surface area contributed by atoms with Crippen LogP contribution in [0.5, 0.6) is 0 Å². The van der Waals surface area contributed by atoms with Gasteiger partial charge in [0.2, 0.25) is 0 Å². The van der Waals surface area contributed by atoms with Crippen molar-refractivity contribution in [3.8, 4) is 0 Å². The van der Waals surface area contributed by atoms with Crippen molar-refractivity contribution in [2.75, 3.05) is 13.1 Å². The molecule has 4 unspecified atom stereocenters. The average Bonchev–Trinajstić information content (AvgIpc) is 2.71. The zero-order valence-corrected chi connectivity index (χ0v) is 19.2. The SMILES string of the molecule is [CH2]C(NCC(NCCCCCCCCCCCCCC)C(O)CC)C(O)CC. The molecular weight excluding hydrogens is 348 g/mol. The molecule has 4 nitrogen and oxygen atoms in total. The first kappa shape index (κ1) is 27.8. The molecule has 1 radical (unpaired) electrons. The van der Waals surface area contributed by atoms with Gasteiger partial charge in [-0.3, -0.25) is 0 Å². The summed E-state index contributed by atoms with van der Waals surface area (Å²) in [5.41, 5.74) is 0. The fourth-order valence-electron chi connectivity index (χ4n) is 3.58. The molecule has 4 atom stereocenters. The van der Waals surface area contributed by atoms with Crippen LogP contribution in [0.3, 0.4) is 0 Å². The largest absolute Gasteiger partial charge is 0.392 e. The molecule has 169 valence electrons. The molecule has 0 aliphatic carbocycles. The van der Waals surface area contributed by atoms with Crippen LogP contribution in [0.25, 0.3) is 0 Å². The number of unbranched alkanes of at least 4 members (excludes halogenated alkanes) is 11. The molecule has 0 heterocycles. The van der Waals surface area contributed by atoms with Gasteiger partial charge < -0.3 is 20.8 Å². The Hall–Kier alpha value is -0.160. The van der Waals surface area contributed by atoms with Crippen molar-refractivity contribution in [3.05, 3.63) is 6.92 Å². The summed E-state index contributed by atoms with van der Waals surface area (Å²) in [6.45, 7) is 11.8. The standard InChI is InChI=1S/C24H51N2O2/c1-5-8-9-10-11-12-13-14-15-16-17-18-19-25-22(24(28)7-3)20-26-21(4)23(27)6-2/h21-28H,4-20H2,1-3H3. The molecule has 0 aromatic rings. The van der Waals surface area contributed by atoms with Crippen LogP contribution in [0.4, 0.5) is 0 Å². The lowest BCUT2D eigenvalue weighted by molar-refractivity contribution is 0.108. The number of aliphatic hydroxyl groups excluding tert-OH is 2. The second-order valence-electron chi connectivity index (χ2n) is 8.42. The fraction of sp³-hybridized carbons (Fsp3) is 0.958. The predicted octanol–water partition coefficient (Wildman–Crippen LogP) is 4.98. The molecule has 0 spiro atoms. The van der Waals surface area contributed by atoms with Crippen LogP contribution in [-0.2, 0) is 0 Å². The second kappa shape index (κ2) is 20.1. The van der Waals surface area contributed by atoms with Gasteiger partial charge in [-0.1, -0.05) is 91.4 Å². The third-order valence-electron chi connectivity index (χ3n) is 5.80. The molecule has 0 fully saturated rings. The van der Waals surface area contributed by atoms with Crippen molar-refractivity contribution in [2.24, 2.45) is 0 Å². The number of aliphatic hydroxyl groups is 2. The quantitative estimate of drug-likeness (QED) is 0.206. The van der Waals surface area contributed by atoms with E-state index in [1.807, 2.05) is 13.8 Å². The van der Waals surface area contributed by atoms with Gasteiger partial charge in [0, 0.05) is 18.6 Å². The van der Waals surface area contributed by atoms with Crippen LogP contribution >= 0.6 is 0 Å². The molecule has 0 aliphatic rings. The monoisotopic (exact) mass is 399 g/mol. The zero-order chi connectivity index (χ0) is 21.0. The Morgan fingerprint density at radius 1 is 0.643 bits per heavy atom. The lowest BCUT2D eigenvalue weighted by Gasteiger charge is -2.27. The Morgan fingerprint density at radius 2 is 1.11 bits per heavy atom. The van der Waals surface area contributed by atoms with Gasteiger partial charge in [0.25, 0.3) is 0 Å². The van der Waals surface area contributed by atoms with Crippen molar-refractivity contribution in [2.45, 2.75) is 135 Å².